The van der Waals surface area contributed by atoms with Crippen LogP contribution in [0.3, 0.4) is 0 Å². The Balaban J connectivity index is 2.53. The lowest BCUT2D eigenvalue weighted by atomic mass is 10.2. The minimum Gasteiger partial charge on any atom is -0.259 e. The van der Waals surface area contributed by atoms with Crippen LogP contribution in [0.25, 0.3) is 11.3 Å². The van der Waals surface area contributed by atoms with Crippen LogP contribution in [-0.4, -0.2) is 9.97 Å². The average molecular weight is 211 g/mol. The average Bonchev–Trinajstić information content (AvgIpc) is 2.51. The molecule has 4 heteroatoms. The fourth-order valence-corrected chi connectivity index (χ4v) is 1.98. The van der Waals surface area contributed by atoms with Crippen molar-refractivity contribution in [3.05, 3.63) is 33.9 Å². The van der Waals surface area contributed by atoms with Gasteiger partial charge in [-0.15, -0.1) is 11.3 Å². The minimum atomic E-state index is 0.433. The van der Waals surface area contributed by atoms with Crippen LogP contribution in [0.5, 0.6) is 0 Å². The van der Waals surface area contributed by atoms with Crippen molar-refractivity contribution in [2.75, 3.05) is 0 Å². The molecule has 0 saturated carbocycles. The van der Waals surface area contributed by atoms with Crippen molar-refractivity contribution in [1.29, 1.82) is 0 Å². The Hall–Kier alpha value is -0.930. The quantitative estimate of drug-likeness (QED) is 0.723. The predicted octanol–water partition coefficient (Wildman–Crippen LogP) is 3.17. The monoisotopic (exact) mass is 210 g/mol. The Morgan fingerprint density at radius 3 is 2.85 bits per heavy atom. The third-order valence-corrected chi connectivity index (χ3v) is 2.77. The van der Waals surface area contributed by atoms with Crippen molar-refractivity contribution in [2.45, 2.75) is 6.92 Å². The van der Waals surface area contributed by atoms with Crippen molar-refractivity contribution < 1.29 is 0 Å². The second-order valence-corrected chi connectivity index (χ2v) is 4.12. The normalized spacial score (nSPS) is 10.3. The smallest absolute Gasteiger partial charge is 0.148 e. The molecule has 0 bridgehead atoms. The summed E-state index contributed by atoms with van der Waals surface area (Å²) in [6.07, 6.45) is 3.26. The molecule has 0 atom stereocenters. The third kappa shape index (κ3) is 1.71. The maximum atomic E-state index is 5.74. The summed E-state index contributed by atoms with van der Waals surface area (Å²) >= 11 is 7.44. The highest BCUT2D eigenvalue weighted by atomic mass is 35.5. The van der Waals surface area contributed by atoms with E-state index in [9.17, 15) is 0 Å². The summed E-state index contributed by atoms with van der Waals surface area (Å²) in [7, 11) is 0. The molecule has 0 unspecified atom stereocenters. The number of hydrogen-bond donors (Lipinski definition) is 0. The lowest BCUT2D eigenvalue weighted by Crippen LogP contribution is -1.85. The zero-order valence-electron chi connectivity index (χ0n) is 6.99. The fourth-order valence-electron chi connectivity index (χ4n) is 1.12. The maximum absolute atomic E-state index is 5.74. The van der Waals surface area contributed by atoms with Crippen molar-refractivity contribution >= 4 is 22.9 Å². The second-order valence-electron chi connectivity index (χ2n) is 2.62. The SMILES string of the molecule is Cc1sccc1-c1cncc(Cl)n1. The molecule has 0 saturated heterocycles. The molecule has 2 rings (SSSR count). The van der Waals surface area contributed by atoms with Crippen LogP contribution in [0.2, 0.25) is 5.15 Å². The lowest BCUT2D eigenvalue weighted by molar-refractivity contribution is 1.20. The van der Waals surface area contributed by atoms with Crippen LogP contribution < -0.4 is 0 Å². The Kier molecular flexibility index (Phi) is 2.29. The first-order valence-electron chi connectivity index (χ1n) is 3.79. The van der Waals surface area contributed by atoms with Crippen LogP contribution in [0.4, 0.5) is 0 Å². The van der Waals surface area contributed by atoms with Crippen LogP contribution in [0.15, 0.2) is 23.8 Å². The number of aromatic nitrogens is 2. The summed E-state index contributed by atoms with van der Waals surface area (Å²) in [5.74, 6) is 0. The molecule has 2 aromatic rings. The number of rotatable bonds is 1. The van der Waals surface area contributed by atoms with Gasteiger partial charge < -0.3 is 0 Å². The van der Waals surface area contributed by atoms with E-state index in [4.69, 9.17) is 11.6 Å². The van der Waals surface area contributed by atoms with Gasteiger partial charge in [-0.3, -0.25) is 4.98 Å². The van der Waals surface area contributed by atoms with Crippen molar-refractivity contribution in [3.8, 4) is 11.3 Å². The molecule has 0 aliphatic rings. The van der Waals surface area contributed by atoms with Gasteiger partial charge in [0, 0.05) is 10.4 Å². The number of halogens is 1. The predicted molar refractivity (Wildman–Crippen MR) is 55.1 cm³/mol. The molecule has 0 radical (unpaired) electrons. The lowest BCUT2D eigenvalue weighted by Gasteiger charge is -1.98. The van der Waals surface area contributed by atoms with Crippen molar-refractivity contribution in [1.82, 2.24) is 9.97 Å². The first kappa shape index (κ1) is 8.66. The van der Waals surface area contributed by atoms with E-state index in [-0.39, 0.29) is 0 Å². The molecule has 0 aliphatic carbocycles. The summed E-state index contributed by atoms with van der Waals surface area (Å²) in [5, 5.41) is 2.47. The molecule has 0 spiro atoms. The van der Waals surface area contributed by atoms with Crippen LogP contribution in [-0.2, 0) is 0 Å². The fraction of sp³-hybridized carbons (Fsp3) is 0.111. The van der Waals surface area contributed by atoms with Gasteiger partial charge in [-0.25, -0.2) is 4.98 Å². The van der Waals surface area contributed by atoms with Gasteiger partial charge in [0.1, 0.15) is 5.15 Å². The Labute approximate surface area is 85.2 Å². The minimum absolute atomic E-state index is 0.433. The van der Waals surface area contributed by atoms with E-state index in [0.717, 1.165) is 11.3 Å². The van der Waals surface area contributed by atoms with Crippen molar-refractivity contribution in [3.63, 3.8) is 0 Å². The molecule has 2 heterocycles. The van der Waals surface area contributed by atoms with E-state index in [0.29, 0.717) is 5.15 Å². The largest absolute Gasteiger partial charge is 0.259 e. The molecule has 0 N–H and O–H groups in total. The van der Waals surface area contributed by atoms with Gasteiger partial charge in [0.15, 0.2) is 0 Å². The summed E-state index contributed by atoms with van der Waals surface area (Å²) in [4.78, 5) is 9.41. The number of nitrogens with zero attached hydrogens (tertiary/aromatic N) is 2. The van der Waals surface area contributed by atoms with E-state index < -0.39 is 0 Å². The van der Waals surface area contributed by atoms with Gasteiger partial charge in [0.2, 0.25) is 0 Å². The molecule has 0 fully saturated rings. The van der Waals surface area contributed by atoms with E-state index in [1.165, 1.54) is 11.1 Å². The van der Waals surface area contributed by atoms with Gasteiger partial charge in [0.05, 0.1) is 18.1 Å². The Morgan fingerprint density at radius 1 is 1.38 bits per heavy atom. The van der Waals surface area contributed by atoms with Gasteiger partial charge in [-0.1, -0.05) is 11.6 Å². The molecule has 0 aliphatic heterocycles. The zero-order chi connectivity index (χ0) is 9.26. The molecule has 2 aromatic heterocycles. The maximum Gasteiger partial charge on any atom is 0.148 e. The first-order valence-corrected chi connectivity index (χ1v) is 5.05. The van der Waals surface area contributed by atoms with Gasteiger partial charge in [-0.2, -0.15) is 0 Å². The number of thiophene rings is 1. The van der Waals surface area contributed by atoms with Gasteiger partial charge in [0.25, 0.3) is 0 Å². The topological polar surface area (TPSA) is 25.8 Å². The third-order valence-electron chi connectivity index (χ3n) is 1.74. The number of hydrogen-bond acceptors (Lipinski definition) is 3. The molecule has 0 aromatic carbocycles. The molecule has 66 valence electrons. The van der Waals surface area contributed by atoms with Crippen molar-refractivity contribution in [2.24, 2.45) is 0 Å². The standard InChI is InChI=1S/C9H7ClN2S/c1-6-7(2-3-13-6)8-4-11-5-9(10)12-8/h2-5H,1H3. The van der Waals surface area contributed by atoms with Crippen LogP contribution in [0.1, 0.15) is 4.88 Å². The molecular weight excluding hydrogens is 204 g/mol. The highest BCUT2D eigenvalue weighted by molar-refractivity contribution is 7.10. The van der Waals surface area contributed by atoms with Crippen LogP contribution in [0, 0.1) is 6.92 Å². The number of aryl methyl sites for hydroxylation is 1. The van der Waals surface area contributed by atoms with E-state index in [1.807, 2.05) is 11.4 Å². The molecule has 0 amide bonds. The highest BCUT2D eigenvalue weighted by Gasteiger charge is 2.04. The molecule has 2 nitrogen and oxygen atoms in total. The first-order chi connectivity index (χ1) is 6.27. The Morgan fingerprint density at radius 2 is 2.23 bits per heavy atom. The molecule has 13 heavy (non-hydrogen) atoms. The second kappa shape index (κ2) is 3.44. The summed E-state index contributed by atoms with van der Waals surface area (Å²) in [5.41, 5.74) is 1.95. The van der Waals surface area contributed by atoms with E-state index in [2.05, 4.69) is 16.9 Å². The zero-order valence-corrected chi connectivity index (χ0v) is 8.56. The summed E-state index contributed by atoms with van der Waals surface area (Å²) in [6, 6.07) is 2.03. The summed E-state index contributed by atoms with van der Waals surface area (Å²) < 4.78 is 0. The van der Waals surface area contributed by atoms with Gasteiger partial charge >= 0.3 is 0 Å². The Bertz CT molecular complexity index is 425. The van der Waals surface area contributed by atoms with E-state index in [1.54, 1.807) is 17.5 Å². The summed E-state index contributed by atoms with van der Waals surface area (Å²) in [6.45, 7) is 2.06. The highest BCUT2D eigenvalue weighted by Crippen LogP contribution is 2.25. The molecular formula is C9H7ClN2S. The van der Waals surface area contributed by atoms with E-state index >= 15 is 0 Å². The van der Waals surface area contributed by atoms with Crippen LogP contribution >= 0.6 is 22.9 Å². The van der Waals surface area contributed by atoms with Gasteiger partial charge in [-0.05, 0) is 18.4 Å².